The minimum Gasteiger partial charge on any atom is -0.454 e. The van der Waals surface area contributed by atoms with Gasteiger partial charge in [0.2, 0.25) is 6.79 Å². The summed E-state index contributed by atoms with van der Waals surface area (Å²) in [7, 11) is 1.78. The molecule has 6 nitrogen and oxygen atoms in total. The molecule has 2 heterocycles. The number of fused-ring (bicyclic) bond motifs is 2. The third-order valence-electron chi connectivity index (χ3n) is 3.89. The number of amides is 1. The zero-order valence-electron chi connectivity index (χ0n) is 12.6. The van der Waals surface area contributed by atoms with Crippen LogP contribution >= 0.6 is 0 Å². The molecule has 0 saturated carbocycles. The van der Waals surface area contributed by atoms with Gasteiger partial charge >= 0.3 is 0 Å². The fourth-order valence-corrected chi connectivity index (χ4v) is 2.68. The number of aromatic amines is 1. The molecule has 0 saturated heterocycles. The quantitative estimate of drug-likeness (QED) is 0.807. The van der Waals surface area contributed by atoms with Gasteiger partial charge in [0.05, 0.1) is 11.7 Å². The van der Waals surface area contributed by atoms with Crippen LogP contribution in [0.3, 0.4) is 0 Å². The topological polar surface area (TPSA) is 67.5 Å². The molecule has 4 rings (SSSR count). The van der Waals surface area contributed by atoms with Crippen LogP contribution in [0.1, 0.15) is 15.9 Å². The van der Waals surface area contributed by atoms with E-state index in [0.29, 0.717) is 12.1 Å². The average Bonchev–Trinajstić information content (AvgIpc) is 3.21. The van der Waals surface area contributed by atoms with Crippen molar-refractivity contribution in [3.8, 4) is 11.5 Å². The van der Waals surface area contributed by atoms with E-state index in [9.17, 15) is 4.79 Å². The molecular formula is C17H15N3O3. The third-order valence-corrected chi connectivity index (χ3v) is 3.89. The van der Waals surface area contributed by atoms with Gasteiger partial charge in [-0.05, 0) is 29.8 Å². The molecule has 1 amide bonds. The lowest BCUT2D eigenvalue weighted by molar-refractivity contribution is 0.0785. The molecule has 0 spiro atoms. The van der Waals surface area contributed by atoms with Crippen molar-refractivity contribution in [2.45, 2.75) is 6.54 Å². The zero-order valence-corrected chi connectivity index (χ0v) is 12.6. The maximum absolute atomic E-state index is 12.6. The van der Waals surface area contributed by atoms with Crippen molar-refractivity contribution in [2.75, 3.05) is 13.8 Å². The highest BCUT2D eigenvalue weighted by molar-refractivity contribution is 5.97. The number of nitrogens with zero attached hydrogens (tertiary/aromatic N) is 2. The molecular weight excluding hydrogens is 294 g/mol. The maximum Gasteiger partial charge on any atom is 0.253 e. The van der Waals surface area contributed by atoms with Crippen molar-refractivity contribution in [1.82, 2.24) is 15.1 Å². The van der Waals surface area contributed by atoms with Crippen LogP contribution in [0.4, 0.5) is 0 Å². The molecule has 1 N–H and O–H groups in total. The Balaban J connectivity index is 1.53. The van der Waals surface area contributed by atoms with Crippen LogP contribution in [-0.4, -0.2) is 34.8 Å². The van der Waals surface area contributed by atoms with Crippen molar-refractivity contribution in [3.63, 3.8) is 0 Å². The number of H-pyrrole nitrogens is 1. The van der Waals surface area contributed by atoms with Crippen molar-refractivity contribution in [2.24, 2.45) is 0 Å². The first-order chi connectivity index (χ1) is 11.2. The maximum atomic E-state index is 12.6. The predicted molar refractivity (Wildman–Crippen MR) is 84.5 cm³/mol. The van der Waals surface area contributed by atoms with E-state index in [0.717, 1.165) is 28.0 Å². The number of nitrogens with one attached hydrogen (secondary N) is 1. The lowest BCUT2D eigenvalue weighted by atomic mass is 10.1. The van der Waals surface area contributed by atoms with E-state index in [2.05, 4.69) is 10.2 Å². The van der Waals surface area contributed by atoms with E-state index >= 15 is 0 Å². The van der Waals surface area contributed by atoms with Gasteiger partial charge in [0.25, 0.3) is 5.91 Å². The smallest absolute Gasteiger partial charge is 0.253 e. The van der Waals surface area contributed by atoms with E-state index in [1.807, 2.05) is 36.4 Å². The Kier molecular flexibility index (Phi) is 3.15. The second kappa shape index (κ2) is 5.31. The van der Waals surface area contributed by atoms with Crippen LogP contribution in [0.25, 0.3) is 10.9 Å². The molecule has 116 valence electrons. The summed E-state index contributed by atoms with van der Waals surface area (Å²) in [5.41, 5.74) is 2.48. The fourth-order valence-electron chi connectivity index (χ4n) is 2.68. The van der Waals surface area contributed by atoms with Crippen LogP contribution < -0.4 is 9.47 Å². The van der Waals surface area contributed by atoms with E-state index in [1.54, 1.807) is 18.1 Å². The van der Waals surface area contributed by atoms with Gasteiger partial charge in [0.1, 0.15) is 0 Å². The normalized spacial score (nSPS) is 12.6. The molecule has 6 heteroatoms. The first kappa shape index (κ1) is 13.6. The summed E-state index contributed by atoms with van der Waals surface area (Å²) < 4.78 is 10.7. The fraction of sp³-hybridized carbons (Fsp3) is 0.176. The monoisotopic (exact) mass is 309 g/mol. The number of aromatic nitrogens is 2. The predicted octanol–water partition coefficient (Wildman–Crippen LogP) is 2.56. The molecule has 0 radical (unpaired) electrons. The van der Waals surface area contributed by atoms with Crippen LogP contribution in [0, 0.1) is 0 Å². The van der Waals surface area contributed by atoms with Crippen LogP contribution in [0.15, 0.2) is 42.6 Å². The van der Waals surface area contributed by atoms with Gasteiger partial charge in [-0.25, -0.2) is 0 Å². The third kappa shape index (κ3) is 2.48. The van der Waals surface area contributed by atoms with E-state index < -0.39 is 0 Å². The first-order valence-corrected chi connectivity index (χ1v) is 7.28. The molecule has 0 fully saturated rings. The summed E-state index contributed by atoms with van der Waals surface area (Å²) in [5, 5.41) is 7.84. The summed E-state index contributed by atoms with van der Waals surface area (Å²) in [6, 6.07) is 11.2. The molecule has 1 aliphatic rings. The second-order valence-corrected chi connectivity index (χ2v) is 5.52. The number of carbonyl (C=O) groups is 1. The Bertz CT molecular complexity index is 888. The Morgan fingerprint density at radius 2 is 2.09 bits per heavy atom. The molecule has 23 heavy (non-hydrogen) atoms. The SMILES string of the molecule is CN(Cc1ccc2c(c1)OCO2)C(=O)c1ccc2cn[nH]c2c1. The standard InChI is InChI=1S/C17H15N3O3/c1-20(9-11-2-5-15-16(6-11)23-10-22-15)17(21)12-3-4-13-8-18-19-14(13)7-12/h2-8H,9-10H2,1H3,(H,18,19). The van der Waals surface area contributed by atoms with Crippen LogP contribution in [0.5, 0.6) is 11.5 Å². The van der Waals surface area contributed by atoms with Gasteiger partial charge in [-0.15, -0.1) is 0 Å². The van der Waals surface area contributed by atoms with E-state index in [1.165, 1.54) is 0 Å². The summed E-state index contributed by atoms with van der Waals surface area (Å²) in [6.07, 6.45) is 1.74. The molecule has 0 bridgehead atoms. The number of hydrogen-bond donors (Lipinski definition) is 1. The lowest BCUT2D eigenvalue weighted by Crippen LogP contribution is -2.26. The number of hydrogen-bond acceptors (Lipinski definition) is 4. The van der Waals surface area contributed by atoms with Gasteiger partial charge in [0.15, 0.2) is 11.5 Å². The highest BCUT2D eigenvalue weighted by Gasteiger charge is 2.16. The van der Waals surface area contributed by atoms with Crippen molar-refractivity contribution >= 4 is 16.8 Å². The van der Waals surface area contributed by atoms with Crippen molar-refractivity contribution in [1.29, 1.82) is 0 Å². The Morgan fingerprint density at radius 3 is 3.00 bits per heavy atom. The van der Waals surface area contributed by atoms with Gasteiger partial charge in [-0.1, -0.05) is 12.1 Å². The molecule has 1 aliphatic heterocycles. The number of benzene rings is 2. The zero-order chi connectivity index (χ0) is 15.8. The molecule has 0 atom stereocenters. The summed E-state index contributed by atoms with van der Waals surface area (Å²) in [4.78, 5) is 14.3. The Labute approximate surface area is 132 Å². The number of rotatable bonds is 3. The van der Waals surface area contributed by atoms with Gasteiger partial charge in [0, 0.05) is 24.5 Å². The lowest BCUT2D eigenvalue weighted by Gasteiger charge is -2.17. The molecule has 2 aromatic carbocycles. The summed E-state index contributed by atoms with van der Waals surface area (Å²) in [5.74, 6) is 1.42. The summed E-state index contributed by atoms with van der Waals surface area (Å²) in [6.45, 7) is 0.744. The minimum atomic E-state index is -0.0424. The molecule has 0 unspecified atom stereocenters. The van der Waals surface area contributed by atoms with Gasteiger partial charge in [-0.2, -0.15) is 5.10 Å². The van der Waals surface area contributed by atoms with E-state index in [-0.39, 0.29) is 12.7 Å². The number of ether oxygens (including phenoxy) is 2. The van der Waals surface area contributed by atoms with Crippen LogP contribution in [0.2, 0.25) is 0 Å². The molecule has 1 aromatic heterocycles. The average molecular weight is 309 g/mol. The summed E-state index contributed by atoms with van der Waals surface area (Å²) >= 11 is 0. The Hall–Kier alpha value is -3.02. The highest BCUT2D eigenvalue weighted by atomic mass is 16.7. The second-order valence-electron chi connectivity index (χ2n) is 5.52. The van der Waals surface area contributed by atoms with Gasteiger partial charge in [-0.3, -0.25) is 9.89 Å². The highest BCUT2D eigenvalue weighted by Crippen LogP contribution is 2.32. The van der Waals surface area contributed by atoms with E-state index in [4.69, 9.17) is 9.47 Å². The largest absolute Gasteiger partial charge is 0.454 e. The minimum absolute atomic E-state index is 0.0424. The number of carbonyl (C=O) groups excluding carboxylic acids is 1. The molecule has 3 aromatic rings. The van der Waals surface area contributed by atoms with Crippen molar-refractivity contribution in [3.05, 3.63) is 53.7 Å². The van der Waals surface area contributed by atoms with Crippen molar-refractivity contribution < 1.29 is 14.3 Å². The molecule has 0 aliphatic carbocycles. The van der Waals surface area contributed by atoms with Crippen LogP contribution in [-0.2, 0) is 6.54 Å². The van der Waals surface area contributed by atoms with Gasteiger partial charge < -0.3 is 14.4 Å². The first-order valence-electron chi connectivity index (χ1n) is 7.28. The Morgan fingerprint density at radius 1 is 1.22 bits per heavy atom.